The summed E-state index contributed by atoms with van der Waals surface area (Å²) in [5, 5.41) is 9.81. The van der Waals surface area contributed by atoms with Crippen LogP contribution in [-0.2, 0) is 6.42 Å². The summed E-state index contributed by atoms with van der Waals surface area (Å²) in [5.74, 6) is -2.53. The summed E-state index contributed by atoms with van der Waals surface area (Å²) in [6.45, 7) is 0.467. The van der Waals surface area contributed by atoms with Gasteiger partial charge in [0.25, 0.3) is 5.91 Å². The summed E-state index contributed by atoms with van der Waals surface area (Å²) in [6, 6.07) is 8.76. The number of rotatable bonds is 4. The summed E-state index contributed by atoms with van der Waals surface area (Å²) in [6.07, 6.45) is 2.13. The second-order valence-electron chi connectivity index (χ2n) is 6.09. The van der Waals surface area contributed by atoms with Crippen LogP contribution >= 0.6 is 0 Å². The number of ether oxygens (including phenoxy) is 1. The van der Waals surface area contributed by atoms with E-state index in [2.05, 4.69) is 0 Å². The van der Waals surface area contributed by atoms with Gasteiger partial charge >= 0.3 is 0 Å². The van der Waals surface area contributed by atoms with Crippen LogP contribution in [0, 0.1) is 11.6 Å². The molecule has 1 N–H and O–H groups in total. The number of halogens is 2. The average Bonchev–Trinajstić information content (AvgIpc) is 3.02. The topological polar surface area (TPSA) is 49.8 Å². The Morgan fingerprint density at radius 1 is 1.32 bits per heavy atom. The van der Waals surface area contributed by atoms with E-state index >= 15 is 0 Å². The lowest BCUT2D eigenvalue weighted by atomic mass is 10.0. The molecule has 25 heavy (non-hydrogen) atoms. The van der Waals surface area contributed by atoms with Gasteiger partial charge in [-0.2, -0.15) is 0 Å². The normalized spacial score (nSPS) is 16.9. The molecule has 1 fully saturated rings. The molecule has 0 radical (unpaired) electrons. The first-order chi connectivity index (χ1) is 12.0. The van der Waals surface area contributed by atoms with E-state index in [1.165, 1.54) is 0 Å². The van der Waals surface area contributed by atoms with Crippen molar-refractivity contribution in [1.82, 2.24) is 4.90 Å². The van der Waals surface area contributed by atoms with E-state index in [1.54, 1.807) is 12.0 Å². The maximum absolute atomic E-state index is 14.0. The number of likely N-dealkylation sites (tertiary alicyclic amines) is 1. The van der Waals surface area contributed by atoms with Crippen LogP contribution in [0.5, 0.6) is 11.5 Å². The number of para-hydroxylation sites is 1. The number of methoxy groups -OCH3 is 1. The zero-order chi connectivity index (χ0) is 18.0. The number of nitrogens with zero attached hydrogens (tertiary/aromatic N) is 1. The van der Waals surface area contributed by atoms with Crippen LogP contribution in [0.3, 0.4) is 0 Å². The predicted octanol–water partition coefficient (Wildman–Crippen LogP) is 3.53. The fraction of sp³-hybridized carbons (Fsp3) is 0.316. The lowest BCUT2D eigenvalue weighted by Gasteiger charge is -2.26. The molecule has 4 nitrogen and oxygen atoms in total. The van der Waals surface area contributed by atoms with Crippen molar-refractivity contribution in [2.75, 3.05) is 13.7 Å². The van der Waals surface area contributed by atoms with Crippen LogP contribution < -0.4 is 4.74 Å². The molecule has 1 amide bonds. The molecule has 1 atom stereocenters. The molecular weight excluding hydrogens is 328 g/mol. The average molecular weight is 347 g/mol. The Bertz CT molecular complexity index is 771. The van der Waals surface area contributed by atoms with Crippen molar-refractivity contribution < 1.29 is 23.4 Å². The molecule has 0 aromatic heterocycles. The Kier molecular flexibility index (Phi) is 4.88. The van der Waals surface area contributed by atoms with Crippen molar-refractivity contribution in [3.8, 4) is 11.5 Å². The van der Waals surface area contributed by atoms with Gasteiger partial charge in [0.05, 0.1) is 7.11 Å². The van der Waals surface area contributed by atoms with Gasteiger partial charge in [-0.05, 0) is 30.9 Å². The van der Waals surface area contributed by atoms with E-state index < -0.39 is 28.9 Å². The number of hydrogen-bond donors (Lipinski definition) is 1. The molecule has 1 aliphatic heterocycles. The van der Waals surface area contributed by atoms with Crippen molar-refractivity contribution in [1.29, 1.82) is 0 Å². The van der Waals surface area contributed by atoms with Crippen molar-refractivity contribution >= 4 is 5.91 Å². The molecular formula is C19H19F2NO3. The third kappa shape index (κ3) is 3.43. The lowest BCUT2D eigenvalue weighted by Crippen LogP contribution is -2.37. The van der Waals surface area contributed by atoms with Gasteiger partial charge in [-0.3, -0.25) is 4.79 Å². The van der Waals surface area contributed by atoms with Gasteiger partial charge in [-0.25, -0.2) is 8.78 Å². The zero-order valence-electron chi connectivity index (χ0n) is 13.8. The Labute approximate surface area is 144 Å². The van der Waals surface area contributed by atoms with Gasteiger partial charge in [-0.15, -0.1) is 0 Å². The molecule has 0 spiro atoms. The highest BCUT2D eigenvalue weighted by atomic mass is 19.1. The molecule has 0 bridgehead atoms. The van der Waals surface area contributed by atoms with Gasteiger partial charge in [0, 0.05) is 24.7 Å². The number of carbonyl (C=O) groups excluding carboxylic acids is 1. The number of amides is 1. The minimum Gasteiger partial charge on any atom is -0.507 e. The van der Waals surface area contributed by atoms with Crippen LogP contribution in [0.1, 0.15) is 28.8 Å². The zero-order valence-corrected chi connectivity index (χ0v) is 13.8. The van der Waals surface area contributed by atoms with E-state index in [1.807, 2.05) is 24.3 Å². The molecule has 3 rings (SSSR count). The van der Waals surface area contributed by atoms with Crippen molar-refractivity contribution in [3.05, 3.63) is 59.2 Å². The summed E-state index contributed by atoms with van der Waals surface area (Å²) < 4.78 is 32.5. The van der Waals surface area contributed by atoms with Crippen molar-refractivity contribution in [2.45, 2.75) is 25.3 Å². The van der Waals surface area contributed by atoms with E-state index in [9.17, 15) is 18.7 Å². The maximum atomic E-state index is 14.0. The Hall–Kier alpha value is -2.63. The third-order valence-electron chi connectivity index (χ3n) is 4.53. The van der Waals surface area contributed by atoms with Gasteiger partial charge in [0.2, 0.25) is 0 Å². The summed E-state index contributed by atoms with van der Waals surface area (Å²) in [7, 11) is 1.59. The second-order valence-corrected chi connectivity index (χ2v) is 6.09. The highest BCUT2D eigenvalue weighted by molar-refractivity contribution is 5.97. The van der Waals surface area contributed by atoms with Gasteiger partial charge in [0.15, 0.2) is 0 Å². The van der Waals surface area contributed by atoms with E-state index in [4.69, 9.17) is 4.74 Å². The molecule has 1 unspecified atom stereocenters. The van der Waals surface area contributed by atoms with Gasteiger partial charge in [0.1, 0.15) is 28.7 Å². The molecule has 0 aliphatic carbocycles. The van der Waals surface area contributed by atoms with Crippen LogP contribution in [0.15, 0.2) is 36.4 Å². The second kappa shape index (κ2) is 7.09. The van der Waals surface area contributed by atoms with Gasteiger partial charge in [-0.1, -0.05) is 18.2 Å². The quantitative estimate of drug-likeness (QED) is 0.921. The first-order valence-electron chi connectivity index (χ1n) is 8.12. The summed E-state index contributed by atoms with van der Waals surface area (Å²) >= 11 is 0. The molecule has 1 aliphatic rings. The maximum Gasteiger partial charge on any atom is 0.260 e. The smallest absolute Gasteiger partial charge is 0.260 e. The first-order valence-corrected chi connectivity index (χ1v) is 8.12. The fourth-order valence-electron chi connectivity index (χ4n) is 3.36. The first kappa shape index (κ1) is 17.2. The Balaban J connectivity index is 1.86. The highest BCUT2D eigenvalue weighted by Gasteiger charge is 2.33. The minimum absolute atomic E-state index is 0.132. The molecule has 0 saturated carbocycles. The molecule has 132 valence electrons. The Morgan fingerprint density at radius 2 is 2.08 bits per heavy atom. The van der Waals surface area contributed by atoms with Crippen LogP contribution in [-0.4, -0.2) is 35.6 Å². The third-order valence-corrected chi connectivity index (χ3v) is 4.53. The van der Waals surface area contributed by atoms with Crippen molar-refractivity contribution in [3.63, 3.8) is 0 Å². The molecule has 2 aromatic carbocycles. The number of hydrogen-bond acceptors (Lipinski definition) is 3. The predicted molar refractivity (Wildman–Crippen MR) is 88.8 cm³/mol. The minimum atomic E-state index is -1.05. The van der Waals surface area contributed by atoms with E-state index in [0.717, 1.165) is 30.2 Å². The standard InChI is InChI=1S/C19H19F2NO3/c1-25-17-7-3-2-5-12(17)9-14-6-4-8-22(14)19(24)18-15(21)10-13(20)11-16(18)23/h2-3,5,7,10-11,14,23H,4,6,8-9H2,1H3. The highest BCUT2D eigenvalue weighted by Crippen LogP contribution is 2.30. The Morgan fingerprint density at radius 3 is 2.80 bits per heavy atom. The molecule has 1 heterocycles. The van der Waals surface area contributed by atoms with Crippen molar-refractivity contribution in [2.24, 2.45) is 0 Å². The number of benzene rings is 2. The van der Waals surface area contributed by atoms with Gasteiger partial charge < -0.3 is 14.7 Å². The molecule has 1 saturated heterocycles. The summed E-state index contributed by atoms with van der Waals surface area (Å²) in [4.78, 5) is 14.3. The van der Waals surface area contributed by atoms with E-state index in [-0.39, 0.29) is 6.04 Å². The largest absolute Gasteiger partial charge is 0.507 e. The summed E-state index contributed by atoms with van der Waals surface area (Å²) in [5.41, 5.74) is 0.479. The number of phenols is 1. The number of phenolic OH excluding ortho intramolecular Hbond substituents is 1. The SMILES string of the molecule is COc1ccccc1CC1CCCN1C(=O)c1c(O)cc(F)cc1F. The van der Waals surface area contributed by atoms with Crippen LogP contribution in [0.2, 0.25) is 0 Å². The van der Waals surface area contributed by atoms with Crippen LogP contribution in [0.25, 0.3) is 0 Å². The number of carbonyl (C=O) groups is 1. The monoisotopic (exact) mass is 347 g/mol. The lowest BCUT2D eigenvalue weighted by molar-refractivity contribution is 0.0728. The molecule has 2 aromatic rings. The fourth-order valence-corrected chi connectivity index (χ4v) is 3.36. The number of aromatic hydroxyl groups is 1. The van der Waals surface area contributed by atoms with Crippen LogP contribution in [0.4, 0.5) is 8.78 Å². The van der Waals surface area contributed by atoms with E-state index in [0.29, 0.717) is 19.0 Å². The molecule has 6 heteroatoms.